The van der Waals surface area contributed by atoms with Crippen LogP contribution in [0.2, 0.25) is 0 Å². The lowest BCUT2D eigenvalue weighted by atomic mass is 10.1. The van der Waals surface area contributed by atoms with E-state index in [1.165, 1.54) is 6.07 Å². The molecule has 0 atom stereocenters. The molecule has 0 aliphatic heterocycles. The SMILES string of the molecule is O=c1oc2cc(OCc3cccnc3)ccc2c2ccc(O)cc12. The van der Waals surface area contributed by atoms with Gasteiger partial charge >= 0.3 is 5.63 Å². The van der Waals surface area contributed by atoms with Crippen LogP contribution in [0, 0.1) is 0 Å². The maximum absolute atomic E-state index is 12.1. The fourth-order valence-corrected chi connectivity index (χ4v) is 2.64. The topological polar surface area (TPSA) is 72.6 Å². The van der Waals surface area contributed by atoms with Crippen LogP contribution in [-0.2, 0) is 6.61 Å². The first-order valence-corrected chi connectivity index (χ1v) is 7.42. The Balaban J connectivity index is 1.74. The van der Waals surface area contributed by atoms with Crippen molar-refractivity contribution >= 4 is 21.7 Å². The maximum atomic E-state index is 12.1. The van der Waals surface area contributed by atoms with Crippen molar-refractivity contribution < 1.29 is 14.3 Å². The molecule has 2 aromatic carbocycles. The second-order valence-corrected chi connectivity index (χ2v) is 5.43. The third-order valence-electron chi connectivity index (χ3n) is 3.80. The van der Waals surface area contributed by atoms with Gasteiger partial charge in [-0.1, -0.05) is 6.07 Å². The van der Waals surface area contributed by atoms with Crippen LogP contribution < -0.4 is 10.4 Å². The van der Waals surface area contributed by atoms with Crippen molar-refractivity contribution in [3.8, 4) is 11.5 Å². The molecular formula is C19H13NO4. The second kappa shape index (κ2) is 5.70. The van der Waals surface area contributed by atoms with Gasteiger partial charge in [-0.25, -0.2) is 4.79 Å². The molecule has 0 aliphatic carbocycles. The summed E-state index contributed by atoms with van der Waals surface area (Å²) in [6.07, 6.45) is 3.44. The molecule has 5 nitrogen and oxygen atoms in total. The molecule has 0 radical (unpaired) electrons. The highest BCUT2D eigenvalue weighted by molar-refractivity contribution is 6.04. The summed E-state index contributed by atoms with van der Waals surface area (Å²) in [4.78, 5) is 16.1. The highest BCUT2D eigenvalue weighted by Crippen LogP contribution is 2.28. The molecule has 0 saturated heterocycles. The van der Waals surface area contributed by atoms with Gasteiger partial charge in [0.1, 0.15) is 23.7 Å². The van der Waals surface area contributed by atoms with E-state index in [1.54, 1.807) is 30.6 Å². The van der Waals surface area contributed by atoms with E-state index in [1.807, 2.05) is 24.3 Å². The summed E-state index contributed by atoms with van der Waals surface area (Å²) in [7, 11) is 0. The van der Waals surface area contributed by atoms with Crippen molar-refractivity contribution in [3.05, 3.63) is 76.9 Å². The number of pyridine rings is 1. The fraction of sp³-hybridized carbons (Fsp3) is 0.0526. The third kappa shape index (κ3) is 2.56. The average Bonchev–Trinajstić information content (AvgIpc) is 2.61. The first kappa shape index (κ1) is 14.3. The van der Waals surface area contributed by atoms with E-state index in [4.69, 9.17) is 9.15 Å². The minimum atomic E-state index is -0.488. The van der Waals surface area contributed by atoms with Crippen molar-refractivity contribution in [2.45, 2.75) is 6.61 Å². The van der Waals surface area contributed by atoms with Crippen LogP contribution in [0.1, 0.15) is 5.56 Å². The zero-order chi connectivity index (χ0) is 16.5. The van der Waals surface area contributed by atoms with Gasteiger partial charge in [0.25, 0.3) is 0 Å². The molecule has 4 rings (SSSR count). The monoisotopic (exact) mass is 319 g/mol. The van der Waals surface area contributed by atoms with Crippen LogP contribution in [0.4, 0.5) is 0 Å². The first-order valence-electron chi connectivity index (χ1n) is 7.42. The first-order chi connectivity index (χ1) is 11.7. The van der Waals surface area contributed by atoms with Gasteiger partial charge in [0, 0.05) is 34.8 Å². The highest BCUT2D eigenvalue weighted by atomic mass is 16.5. The van der Waals surface area contributed by atoms with E-state index in [9.17, 15) is 9.90 Å². The molecule has 0 spiro atoms. The van der Waals surface area contributed by atoms with Gasteiger partial charge in [-0.05, 0) is 36.4 Å². The zero-order valence-corrected chi connectivity index (χ0v) is 12.6. The standard InChI is InChI=1S/C19H13NO4/c21-13-3-5-15-16-6-4-14(23-11-12-2-1-7-20-10-12)9-18(16)24-19(22)17(15)8-13/h1-10,21H,11H2. The van der Waals surface area contributed by atoms with E-state index in [-0.39, 0.29) is 5.75 Å². The number of benzene rings is 2. The quantitative estimate of drug-likeness (QED) is 0.461. The van der Waals surface area contributed by atoms with Crippen molar-refractivity contribution in [1.29, 1.82) is 0 Å². The van der Waals surface area contributed by atoms with Gasteiger partial charge in [-0.2, -0.15) is 0 Å². The smallest absolute Gasteiger partial charge is 0.344 e. The predicted octanol–water partition coefficient (Wildman–Crippen LogP) is 3.63. The minimum Gasteiger partial charge on any atom is -0.508 e. The number of hydrogen-bond acceptors (Lipinski definition) is 5. The molecule has 0 amide bonds. The van der Waals surface area contributed by atoms with Gasteiger partial charge < -0.3 is 14.3 Å². The highest BCUT2D eigenvalue weighted by Gasteiger charge is 2.09. The molecule has 0 unspecified atom stereocenters. The van der Waals surface area contributed by atoms with Gasteiger partial charge in [-0.15, -0.1) is 0 Å². The van der Waals surface area contributed by atoms with Crippen LogP contribution in [-0.4, -0.2) is 10.1 Å². The lowest BCUT2D eigenvalue weighted by Gasteiger charge is -2.08. The normalized spacial score (nSPS) is 11.0. The maximum Gasteiger partial charge on any atom is 0.344 e. The molecule has 2 aromatic heterocycles. The molecule has 4 aromatic rings. The van der Waals surface area contributed by atoms with E-state index < -0.39 is 5.63 Å². The second-order valence-electron chi connectivity index (χ2n) is 5.43. The number of hydrogen-bond donors (Lipinski definition) is 1. The Kier molecular flexibility index (Phi) is 3.39. The molecule has 0 bridgehead atoms. The summed E-state index contributed by atoms with van der Waals surface area (Å²) in [5, 5.41) is 11.4. The lowest BCUT2D eigenvalue weighted by molar-refractivity contribution is 0.305. The number of aromatic hydroxyl groups is 1. The van der Waals surface area contributed by atoms with Crippen LogP contribution in [0.15, 0.2) is 70.1 Å². The zero-order valence-electron chi connectivity index (χ0n) is 12.6. The Bertz CT molecular complexity index is 1090. The van der Waals surface area contributed by atoms with Crippen molar-refractivity contribution in [2.75, 3.05) is 0 Å². The molecular weight excluding hydrogens is 306 g/mol. The van der Waals surface area contributed by atoms with Gasteiger partial charge in [0.05, 0.1) is 5.39 Å². The van der Waals surface area contributed by atoms with Gasteiger partial charge in [0.15, 0.2) is 0 Å². The largest absolute Gasteiger partial charge is 0.508 e. The molecule has 0 saturated carbocycles. The fourth-order valence-electron chi connectivity index (χ4n) is 2.64. The predicted molar refractivity (Wildman–Crippen MR) is 90.2 cm³/mol. The number of phenolic OH excluding ortho intramolecular Hbond substituents is 1. The number of nitrogens with zero attached hydrogens (tertiary/aromatic N) is 1. The Labute approximate surface area is 136 Å². The Morgan fingerprint density at radius 1 is 1.04 bits per heavy atom. The molecule has 2 heterocycles. The van der Waals surface area contributed by atoms with Gasteiger partial charge in [0.2, 0.25) is 0 Å². The molecule has 0 fully saturated rings. The van der Waals surface area contributed by atoms with Crippen LogP contribution in [0.5, 0.6) is 11.5 Å². The Morgan fingerprint density at radius 3 is 2.75 bits per heavy atom. The molecule has 1 N–H and O–H groups in total. The van der Waals surface area contributed by atoms with E-state index in [0.29, 0.717) is 23.3 Å². The van der Waals surface area contributed by atoms with Crippen LogP contribution in [0.25, 0.3) is 21.7 Å². The van der Waals surface area contributed by atoms with Crippen LogP contribution in [0.3, 0.4) is 0 Å². The molecule has 0 aliphatic rings. The number of phenols is 1. The van der Waals surface area contributed by atoms with Crippen molar-refractivity contribution in [2.24, 2.45) is 0 Å². The van der Waals surface area contributed by atoms with E-state index >= 15 is 0 Å². The van der Waals surface area contributed by atoms with Crippen LogP contribution >= 0.6 is 0 Å². The number of ether oxygens (including phenoxy) is 1. The van der Waals surface area contributed by atoms with E-state index in [0.717, 1.165) is 16.3 Å². The summed E-state index contributed by atoms with van der Waals surface area (Å²) in [6, 6.07) is 13.8. The molecule has 24 heavy (non-hydrogen) atoms. The summed E-state index contributed by atoms with van der Waals surface area (Å²) in [5.41, 5.74) is 0.910. The summed E-state index contributed by atoms with van der Waals surface area (Å²) in [6.45, 7) is 0.380. The summed E-state index contributed by atoms with van der Waals surface area (Å²) in [5.74, 6) is 0.637. The lowest BCUT2D eigenvalue weighted by Crippen LogP contribution is -2.00. The Morgan fingerprint density at radius 2 is 1.92 bits per heavy atom. The Hall–Kier alpha value is -3.34. The van der Waals surface area contributed by atoms with E-state index in [2.05, 4.69) is 4.98 Å². The molecule has 118 valence electrons. The van der Waals surface area contributed by atoms with Crippen molar-refractivity contribution in [3.63, 3.8) is 0 Å². The molecule has 5 heteroatoms. The number of aromatic nitrogens is 1. The van der Waals surface area contributed by atoms with Gasteiger partial charge in [-0.3, -0.25) is 4.98 Å². The summed E-state index contributed by atoms with van der Waals surface area (Å²) < 4.78 is 11.1. The van der Waals surface area contributed by atoms with Crippen molar-refractivity contribution in [1.82, 2.24) is 4.98 Å². The minimum absolute atomic E-state index is 0.0329. The number of rotatable bonds is 3. The third-order valence-corrected chi connectivity index (χ3v) is 3.80. The number of fused-ring (bicyclic) bond motifs is 3. The average molecular weight is 319 g/mol. The summed E-state index contributed by atoms with van der Waals surface area (Å²) >= 11 is 0.